The third kappa shape index (κ3) is 3.40. The Kier molecular flexibility index (Phi) is 4.39. The van der Waals surface area contributed by atoms with Gasteiger partial charge >= 0.3 is 0 Å². The van der Waals surface area contributed by atoms with E-state index in [4.69, 9.17) is 16.0 Å². The van der Waals surface area contributed by atoms with Gasteiger partial charge in [0.1, 0.15) is 5.76 Å². The molecule has 2 amide bonds. The summed E-state index contributed by atoms with van der Waals surface area (Å²) >= 11 is 5.93. The van der Waals surface area contributed by atoms with Crippen molar-refractivity contribution in [1.82, 2.24) is 9.80 Å². The standard InChI is InChI=1S/C17H17ClN2O3/c1-12-5-6-15(23-12)17(22)20-9-7-19(8-10-20)16(21)13-3-2-4-14(18)11-13/h2-6,11H,7-10H2,1H3. The molecule has 0 spiro atoms. The Bertz CT molecular complexity index is 733. The van der Waals surface area contributed by atoms with Crippen molar-refractivity contribution in [2.75, 3.05) is 26.2 Å². The van der Waals surface area contributed by atoms with Gasteiger partial charge in [0.2, 0.25) is 0 Å². The van der Waals surface area contributed by atoms with Gasteiger partial charge in [-0.25, -0.2) is 0 Å². The molecular formula is C17H17ClN2O3. The van der Waals surface area contributed by atoms with Crippen molar-refractivity contribution < 1.29 is 14.0 Å². The molecule has 23 heavy (non-hydrogen) atoms. The van der Waals surface area contributed by atoms with Crippen molar-refractivity contribution in [3.05, 3.63) is 58.5 Å². The molecule has 0 bridgehead atoms. The molecule has 0 radical (unpaired) electrons. The second-order valence-electron chi connectivity index (χ2n) is 5.51. The van der Waals surface area contributed by atoms with Gasteiger partial charge in [-0.05, 0) is 37.3 Å². The van der Waals surface area contributed by atoms with Crippen LogP contribution in [-0.4, -0.2) is 47.8 Å². The number of halogens is 1. The fourth-order valence-electron chi connectivity index (χ4n) is 2.62. The number of hydrogen-bond acceptors (Lipinski definition) is 3. The Balaban J connectivity index is 1.62. The molecule has 0 aliphatic carbocycles. The summed E-state index contributed by atoms with van der Waals surface area (Å²) in [5.41, 5.74) is 0.568. The highest BCUT2D eigenvalue weighted by Crippen LogP contribution is 2.16. The van der Waals surface area contributed by atoms with Crippen LogP contribution in [-0.2, 0) is 0 Å². The molecule has 2 aromatic rings. The van der Waals surface area contributed by atoms with Crippen molar-refractivity contribution >= 4 is 23.4 Å². The number of piperazine rings is 1. The number of carbonyl (C=O) groups excluding carboxylic acids is 2. The molecular weight excluding hydrogens is 316 g/mol. The third-order valence-electron chi connectivity index (χ3n) is 3.88. The summed E-state index contributed by atoms with van der Waals surface area (Å²) < 4.78 is 5.37. The Morgan fingerprint density at radius 2 is 1.65 bits per heavy atom. The molecule has 0 N–H and O–H groups in total. The van der Waals surface area contributed by atoms with Crippen LogP contribution in [0.4, 0.5) is 0 Å². The number of nitrogens with zero attached hydrogens (tertiary/aromatic N) is 2. The predicted molar refractivity (Wildman–Crippen MR) is 86.7 cm³/mol. The molecule has 2 heterocycles. The minimum absolute atomic E-state index is 0.0616. The SMILES string of the molecule is Cc1ccc(C(=O)N2CCN(C(=O)c3cccc(Cl)c3)CC2)o1. The molecule has 0 unspecified atom stereocenters. The maximum absolute atomic E-state index is 12.4. The zero-order valence-electron chi connectivity index (χ0n) is 12.8. The van der Waals surface area contributed by atoms with Gasteiger partial charge in [0.05, 0.1) is 0 Å². The van der Waals surface area contributed by atoms with Crippen LogP contribution in [0.2, 0.25) is 5.02 Å². The molecule has 1 aliphatic rings. The Labute approximate surface area is 139 Å². The normalized spacial score (nSPS) is 14.9. The van der Waals surface area contributed by atoms with Crippen LogP contribution in [0, 0.1) is 6.92 Å². The molecule has 1 aromatic heterocycles. The molecule has 3 rings (SSSR count). The number of furan rings is 1. The summed E-state index contributed by atoms with van der Waals surface area (Å²) in [5, 5.41) is 0.540. The molecule has 0 atom stereocenters. The Morgan fingerprint density at radius 1 is 1.00 bits per heavy atom. The smallest absolute Gasteiger partial charge is 0.289 e. The van der Waals surface area contributed by atoms with E-state index in [2.05, 4.69) is 0 Å². The van der Waals surface area contributed by atoms with Crippen molar-refractivity contribution in [2.24, 2.45) is 0 Å². The molecule has 1 fully saturated rings. The minimum Gasteiger partial charge on any atom is -0.456 e. The van der Waals surface area contributed by atoms with Crippen LogP contribution in [0.25, 0.3) is 0 Å². The van der Waals surface area contributed by atoms with Gasteiger partial charge in [-0.2, -0.15) is 0 Å². The average molecular weight is 333 g/mol. The van der Waals surface area contributed by atoms with Crippen LogP contribution in [0.5, 0.6) is 0 Å². The maximum atomic E-state index is 12.4. The van der Waals surface area contributed by atoms with E-state index < -0.39 is 0 Å². The van der Waals surface area contributed by atoms with E-state index >= 15 is 0 Å². The van der Waals surface area contributed by atoms with Gasteiger partial charge < -0.3 is 14.2 Å². The molecule has 1 aromatic carbocycles. The van der Waals surface area contributed by atoms with E-state index in [0.717, 1.165) is 0 Å². The van der Waals surface area contributed by atoms with Gasteiger partial charge in [-0.1, -0.05) is 17.7 Å². The highest BCUT2D eigenvalue weighted by atomic mass is 35.5. The number of aryl methyl sites for hydroxylation is 1. The van der Waals surface area contributed by atoms with E-state index in [9.17, 15) is 9.59 Å². The fourth-order valence-corrected chi connectivity index (χ4v) is 2.81. The summed E-state index contributed by atoms with van der Waals surface area (Å²) in [5.74, 6) is 0.863. The van der Waals surface area contributed by atoms with Gasteiger partial charge in [0.25, 0.3) is 11.8 Å². The average Bonchev–Trinajstić information content (AvgIpc) is 3.00. The van der Waals surface area contributed by atoms with Crippen LogP contribution < -0.4 is 0 Å². The predicted octanol–water partition coefficient (Wildman–Crippen LogP) is 2.84. The lowest BCUT2D eigenvalue weighted by Crippen LogP contribution is -2.50. The second kappa shape index (κ2) is 6.46. The first-order chi connectivity index (χ1) is 11.0. The summed E-state index contributed by atoms with van der Waals surface area (Å²) in [7, 11) is 0. The van der Waals surface area contributed by atoms with Crippen molar-refractivity contribution in [3.63, 3.8) is 0 Å². The topological polar surface area (TPSA) is 53.8 Å². The van der Waals surface area contributed by atoms with E-state index in [1.165, 1.54) is 0 Å². The van der Waals surface area contributed by atoms with E-state index in [0.29, 0.717) is 48.3 Å². The first-order valence-electron chi connectivity index (χ1n) is 7.45. The summed E-state index contributed by atoms with van der Waals surface area (Å²) in [4.78, 5) is 28.2. The van der Waals surface area contributed by atoms with Crippen molar-refractivity contribution in [3.8, 4) is 0 Å². The van der Waals surface area contributed by atoms with Crippen molar-refractivity contribution in [1.29, 1.82) is 0 Å². The lowest BCUT2D eigenvalue weighted by atomic mass is 10.2. The number of benzene rings is 1. The lowest BCUT2D eigenvalue weighted by molar-refractivity contribution is 0.0517. The zero-order valence-corrected chi connectivity index (χ0v) is 13.5. The van der Waals surface area contributed by atoms with E-state index in [1.807, 2.05) is 0 Å². The first kappa shape index (κ1) is 15.6. The highest BCUT2D eigenvalue weighted by Gasteiger charge is 2.26. The number of hydrogen-bond donors (Lipinski definition) is 0. The third-order valence-corrected chi connectivity index (χ3v) is 4.11. The van der Waals surface area contributed by atoms with E-state index in [1.54, 1.807) is 53.1 Å². The molecule has 6 heteroatoms. The van der Waals surface area contributed by atoms with Crippen molar-refractivity contribution in [2.45, 2.75) is 6.92 Å². The number of amides is 2. The quantitative estimate of drug-likeness (QED) is 0.849. The lowest BCUT2D eigenvalue weighted by Gasteiger charge is -2.34. The van der Waals surface area contributed by atoms with Crippen LogP contribution >= 0.6 is 11.6 Å². The monoisotopic (exact) mass is 332 g/mol. The molecule has 1 saturated heterocycles. The number of rotatable bonds is 2. The summed E-state index contributed by atoms with van der Waals surface area (Å²) in [6.45, 7) is 3.78. The van der Waals surface area contributed by atoms with Gasteiger partial charge in [0.15, 0.2) is 5.76 Å². The minimum atomic E-state index is -0.132. The number of carbonyl (C=O) groups is 2. The fraction of sp³-hybridized carbons (Fsp3) is 0.294. The largest absolute Gasteiger partial charge is 0.456 e. The highest BCUT2D eigenvalue weighted by molar-refractivity contribution is 6.30. The van der Waals surface area contributed by atoms with Gasteiger partial charge in [0, 0.05) is 36.8 Å². The van der Waals surface area contributed by atoms with Gasteiger partial charge in [-0.3, -0.25) is 9.59 Å². The Hall–Kier alpha value is -2.27. The van der Waals surface area contributed by atoms with Crippen LogP contribution in [0.1, 0.15) is 26.7 Å². The second-order valence-corrected chi connectivity index (χ2v) is 5.94. The summed E-state index contributed by atoms with van der Waals surface area (Å²) in [6.07, 6.45) is 0. The van der Waals surface area contributed by atoms with Crippen LogP contribution in [0.3, 0.4) is 0 Å². The van der Waals surface area contributed by atoms with Crippen LogP contribution in [0.15, 0.2) is 40.8 Å². The molecule has 120 valence electrons. The maximum Gasteiger partial charge on any atom is 0.289 e. The Morgan fingerprint density at radius 3 is 2.22 bits per heavy atom. The van der Waals surface area contributed by atoms with E-state index in [-0.39, 0.29) is 11.8 Å². The van der Waals surface area contributed by atoms with Gasteiger partial charge in [-0.15, -0.1) is 0 Å². The summed E-state index contributed by atoms with van der Waals surface area (Å²) in [6, 6.07) is 10.4. The molecule has 0 saturated carbocycles. The molecule has 1 aliphatic heterocycles. The first-order valence-corrected chi connectivity index (χ1v) is 7.83. The zero-order chi connectivity index (χ0) is 16.4. The molecule has 5 nitrogen and oxygen atoms in total.